The predicted octanol–water partition coefficient (Wildman–Crippen LogP) is 2.95. The second kappa shape index (κ2) is 4.58. The summed E-state index contributed by atoms with van der Waals surface area (Å²) in [6.07, 6.45) is 0.356. The van der Waals surface area contributed by atoms with Crippen molar-refractivity contribution < 1.29 is 14.0 Å². The summed E-state index contributed by atoms with van der Waals surface area (Å²) in [6, 6.07) is 5.43. The molecule has 0 saturated carbocycles. The summed E-state index contributed by atoms with van der Waals surface area (Å²) < 4.78 is 5.53. The van der Waals surface area contributed by atoms with Gasteiger partial charge < -0.3 is 9.32 Å². The van der Waals surface area contributed by atoms with Crippen LogP contribution >= 0.6 is 0 Å². The largest absolute Gasteiger partial charge is 0.466 e. The number of furan rings is 1. The number of hydrogen-bond donors (Lipinski definition) is 0. The van der Waals surface area contributed by atoms with Gasteiger partial charge in [0, 0.05) is 23.9 Å². The van der Waals surface area contributed by atoms with Gasteiger partial charge in [-0.15, -0.1) is 0 Å². The van der Waals surface area contributed by atoms with E-state index in [9.17, 15) is 9.59 Å². The number of carbonyl (C=O) groups excluding carboxylic acids is 2. The number of carbonyl (C=O) groups is 2. The molecule has 2 heterocycles. The molecule has 1 aliphatic rings. The topological polar surface area (TPSA) is 50.5 Å². The Bertz CT molecular complexity index is 771. The maximum Gasteiger partial charge on any atom is 0.231 e. The number of likely N-dealkylation sites (N-methyl/N-ethyl adjacent to an activating group) is 1. The van der Waals surface area contributed by atoms with Gasteiger partial charge in [-0.1, -0.05) is 0 Å². The highest BCUT2D eigenvalue weighted by atomic mass is 16.3. The fourth-order valence-corrected chi connectivity index (χ4v) is 2.88. The summed E-state index contributed by atoms with van der Waals surface area (Å²) in [6.45, 7) is 5.55. The first kappa shape index (κ1) is 13.6. The minimum Gasteiger partial charge on any atom is -0.466 e. The molecule has 1 aromatic carbocycles. The third kappa shape index (κ3) is 1.98. The lowest BCUT2D eigenvalue weighted by atomic mass is 9.97. The van der Waals surface area contributed by atoms with Crippen LogP contribution in [0.15, 0.2) is 22.6 Å². The molecule has 0 atom stereocenters. The molecule has 0 unspecified atom stereocenters. The number of aryl methyl sites for hydroxylation is 2. The van der Waals surface area contributed by atoms with Crippen molar-refractivity contribution in [3.63, 3.8) is 0 Å². The van der Waals surface area contributed by atoms with Crippen molar-refractivity contribution in [2.45, 2.75) is 27.2 Å². The van der Waals surface area contributed by atoms with E-state index in [2.05, 4.69) is 0 Å². The van der Waals surface area contributed by atoms with Crippen LogP contribution in [0, 0.1) is 20.8 Å². The second-order valence-corrected chi connectivity index (χ2v) is 5.52. The number of anilines is 1. The molecule has 0 saturated heterocycles. The number of amides is 1. The normalized spacial score (nSPS) is 13.7. The van der Waals surface area contributed by atoms with Crippen molar-refractivity contribution in [2.75, 3.05) is 11.9 Å². The molecule has 2 aromatic rings. The molecule has 0 spiro atoms. The number of nitrogens with zero attached hydrogens (tertiary/aromatic N) is 1. The molecule has 21 heavy (non-hydrogen) atoms. The molecular formula is C17H17NO3. The number of rotatable bonds is 2. The predicted molar refractivity (Wildman–Crippen MR) is 79.9 cm³/mol. The Labute approximate surface area is 123 Å². The van der Waals surface area contributed by atoms with E-state index in [4.69, 9.17) is 4.42 Å². The first-order valence-corrected chi connectivity index (χ1v) is 6.91. The quantitative estimate of drug-likeness (QED) is 0.796. The lowest BCUT2D eigenvalue weighted by Gasteiger charge is -2.10. The first-order valence-electron chi connectivity index (χ1n) is 6.91. The van der Waals surface area contributed by atoms with Crippen molar-refractivity contribution in [3.05, 3.63) is 52.0 Å². The molecule has 0 radical (unpaired) electrons. The van der Waals surface area contributed by atoms with Crippen LogP contribution in [0.2, 0.25) is 0 Å². The van der Waals surface area contributed by atoms with Crippen LogP contribution in [0.3, 0.4) is 0 Å². The molecule has 3 rings (SSSR count). The van der Waals surface area contributed by atoms with E-state index in [0.29, 0.717) is 23.3 Å². The van der Waals surface area contributed by atoms with Crippen molar-refractivity contribution in [3.8, 4) is 0 Å². The van der Waals surface area contributed by atoms with Crippen molar-refractivity contribution in [1.29, 1.82) is 0 Å². The Hall–Kier alpha value is -2.36. The van der Waals surface area contributed by atoms with E-state index in [0.717, 1.165) is 22.6 Å². The monoisotopic (exact) mass is 283 g/mol. The summed E-state index contributed by atoms with van der Waals surface area (Å²) >= 11 is 0. The Morgan fingerprint density at radius 2 is 1.90 bits per heavy atom. The lowest BCUT2D eigenvalue weighted by Crippen LogP contribution is -2.20. The van der Waals surface area contributed by atoms with Crippen LogP contribution in [-0.2, 0) is 11.2 Å². The first-order chi connectivity index (χ1) is 9.90. The van der Waals surface area contributed by atoms with Crippen LogP contribution in [0.25, 0.3) is 0 Å². The van der Waals surface area contributed by atoms with Gasteiger partial charge in [-0.2, -0.15) is 0 Å². The minimum atomic E-state index is -0.0494. The number of benzene rings is 1. The zero-order valence-electron chi connectivity index (χ0n) is 12.6. The molecule has 0 bridgehead atoms. The zero-order chi connectivity index (χ0) is 15.3. The van der Waals surface area contributed by atoms with Gasteiger partial charge in [0.25, 0.3) is 0 Å². The van der Waals surface area contributed by atoms with Gasteiger partial charge in [0.1, 0.15) is 11.5 Å². The minimum absolute atomic E-state index is 0.0494. The molecular weight excluding hydrogens is 266 g/mol. The molecule has 0 aliphatic carbocycles. The summed E-state index contributed by atoms with van der Waals surface area (Å²) in [7, 11) is 1.75. The highest BCUT2D eigenvalue weighted by Crippen LogP contribution is 2.30. The molecule has 4 nitrogen and oxygen atoms in total. The van der Waals surface area contributed by atoms with E-state index < -0.39 is 0 Å². The zero-order valence-corrected chi connectivity index (χ0v) is 12.6. The summed E-state index contributed by atoms with van der Waals surface area (Å²) in [5, 5.41) is 0. The third-order valence-electron chi connectivity index (χ3n) is 4.21. The van der Waals surface area contributed by atoms with Gasteiger partial charge in [-0.3, -0.25) is 9.59 Å². The average molecular weight is 283 g/mol. The Morgan fingerprint density at radius 1 is 1.19 bits per heavy atom. The van der Waals surface area contributed by atoms with Gasteiger partial charge in [0.05, 0.1) is 12.0 Å². The molecule has 1 aromatic heterocycles. The number of fused-ring (bicyclic) bond motifs is 1. The van der Waals surface area contributed by atoms with E-state index in [1.165, 1.54) is 0 Å². The third-order valence-corrected chi connectivity index (χ3v) is 4.21. The molecule has 1 amide bonds. The van der Waals surface area contributed by atoms with E-state index in [1.807, 2.05) is 26.0 Å². The van der Waals surface area contributed by atoms with Gasteiger partial charge in [-0.25, -0.2) is 0 Å². The van der Waals surface area contributed by atoms with Gasteiger partial charge in [0.15, 0.2) is 5.78 Å². The highest BCUT2D eigenvalue weighted by molar-refractivity contribution is 6.12. The highest BCUT2D eigenvalue weighted by Gasteiger charge is 2.26. The Kier molecular flexibility index (Phi) is 2.97. The number of hydrogen-bond acceptors (Lipinski definition) is 3. The van der Waals surface area contributed by atoms with E-state index in [1.54, 1.807) is 24.9 Å². The lowest BCUT2D eigenvalue weighted by molar-refractivity contribution is -0.117. The van der Waals surface area contributed by atoms with Crippen molar-refractivity contribution in [2.24, 2.45) is 0 Å². The summed E-state index contributed by atoms with van der Waals surface area (Å²) in [5.41, 5.74) is 3.90. The van der Waals surface area contributed by atoms with Crippen LogP contribution in [-0.4, -0.2) is 18.7 Å². The molecule has 4 heteroatoms. The molecule has 0 fully saturated rings. The van der Waals surface area contributed by atoms with Crippen molar-refractivity contribution >= 4 is 17.4 Å². The summed E-state index contributed by atoms with van der Waals surface area (Å²) in [5.74, 6) is 1.42. The van der Waals surface area contributed by atoms with Crippen LogP contribution < -0.4 is 4.90 Å². The van der Waals surface area contributed by atoms with E-state index >= 15 is 0 Å². The maximum atomic E-state index is 12.7. The summed E-state index contributed by atoms with van der Waals surface area (Å²) in [4.78, 5) is 26.1. The van der Waals surface area contributed by atoms with Crippen LogP contribution in [0.5, 0.6) is 0 Å². The molecule has 0 N–H and O–H groups in total. The Morgan fingerprint density at radius 3 is 2.52 bits per heavy atom. The van der Waals surface area contributed by atoms with Crippen LogP contribution in [0.1, 0.15) is 38.6 Å². The van der Waals surface area contributed by atoms with Gasteiger partial charge in [0.2, 0.25) is 5.91 Å². The average Bonchev–Trinajstić information content (AvgIpc) is 2.86. The maximum absolute atomic E-state index is 12.7. The SMILES string of the molecule is Cc1oc(C)c(C(=O)c2ccc3c(c2)CC(=O)N3C)c1C. The molecule has 108 valence electrons. The van der Waals surface area contributed by atoms with Gasteiger partial charge >= 0.3 is 0 Å². The molecule has 1 aliphatic heterocycles. The fourth-order valence-electron chi connectivity index (χ4n) is 2.88. The van der Waals surface area contributed by atoms with E-state index in [-0.39, 0.29) is 11.7 Å². The van der Waals surface area contributed by atoms with Gasteiger partial charge in [-0.05, 0) is 44.5 Å². The second-order valence-electron chi connectivity index (χ2n) is 5.52. The fraction of sp³-hybridized carbons (Fsp3) is 0.294. The standard InChI is InChI=1S/C17H17NO3/c1-9-10(2)21-11(3)16(9)17(20)12-5-6-14-13(7-12)8-15(19)18(14)4/h5-7H,8H2,1-4H3. The smallest absolute Gasteiger partial charge is 0.231 e. The van der Waals surface area contributed by atoms with Crippen molar-refractivity contribution in [1.82, 2.24) is 0 Å². The Balaban J connectivity index is 2.04. The van der Waals surface area contributed by atoms with Crippen LogP contribution in [0.4, 0.5) is 5.69 Å². The number of ketones is 1.